The minimum absolute atomic E-state index is 0.0839. The first-order valence-corrected chi connectivity index (χ1v) is 10.6. The first kappa shape index (κ1) is 22.3. The molecule has 0 aromatic heterocycles. The Bertz CT molecular complexity index is 1260. The summed E-state index contributed by atoms with van der Waals surface area (Å²) in [4.78, 5) is 29.4. The van der Waals surface area contributed by atoms with Crippen molar-refractivity contribution < 1.29 is 28.5 Å². The molecule has 166 valence electrons. The summed E-state index contributed by atoms with van der Waals surface area (Å²) in [6.45, 7) is 0. The van der Waals surface area contributed by atoms with E-state index in [2.05, 4.69) is 20.9 Å². The smallest absolute Gasteiger partial charge is 0.363 e. The highest BCUT2D eigenvalue weighted by Crippen LogP contribution is 2.29. The van der Waals surface area contributed by atoms with Gasteiger partial charge in [0.1, 0.15) is 17.2 Å². The fourth-order valence-electron chi connectivity index (χ4n) is 3.02. The normalized spacial score (nSPS) is 14.0. The van der Waals surface area contributed by atoms with E-state index in [1.54, 1.807) is 80.9 Å². The molecule has 4 rings (SSSR count). The summed E-state index contributed by atoms with van der Waals surface area (Å²) in [6, 6.07) is 18.6. The third-order valence-corrected chi connectivity index (χ3v) is 5.24. The van der Waals surface area contributed by atoms with Gasteiger partial charge >= 0.3 is 11.9 Å². The van der Waals surface area contributed by atoms with Crippen LogP contribution in [0.15, 0.2) is 81.9 Å². The zero-order chi connectivity index (χ0) is 23.4. The molecule has 8 heteroatoms. The largest absolute Gasteiger partial charge is 0.497 e. The van der Waals surface area contributed by atoms with Gasteiger partial charge in [0, 0.05) is 15.6 Å². The van der Waals surface area contributed by atoms with Crippen molar-refractivity contribution >= 4 is 39.8 Å². The van der Waals surface area contributed by atoms with E-state index < -0.39 is 11.9 Å². The summed E-state index contributed by atoms with van der Waals surface area (Å²) in [5.74, 6) is 0.611. The number of halogens is 1. The van der Waals surface area contributed by atoms with E-state index in [9.17, 15) is 9.59 Å². The van der Waals surface area contributed by atoms with Crippen LogP contribution in [0.2, 0.25) is 0 Å². The van der Waals surface area contributed by atoms with Crippen molar-refractivity contribution in [1.82, 2.24) is 0 Å². The number of esters is 2. The van der Waals surface area contributed by atoms with E-state index in [4.69, 9.17) is 18.9 Å². The van der Waals surface area contributed by atoms with Crippen LogP contribution in [-0.2, 0) is 9.53 Å². The Morgan fingerprint density at radius 3 is 2.21 bits per heavy atom. The number of cyclic esters (lactones) is 1. The lowest BCUT2D eigenvalue weighted by atomic mass is 10.1. The summed E-state index contributed by atoms with van der Waals surface area (Å²) in [6.07, 6.45) is 1.51. The van der Waals surface area contributed by atoms with Gasteiger partial charge in [-0.25, -0.2) is 14.6 Å². The highest BCUT2D eigenvalue weighted by Gasteiger charge is 2.25. The fourth-order valence-corrected chi connectivity index (χ4v) is 3.40. The fraction of sp³-hybridized carbons (Fsp3) is 0.0800. The van der Waals surface area contributed by atoms with Crippen LogP contribution >= 0.6 is 15.9 Å². The molecule has 0 aliphatic carbocycles. The van der Waals surface area contributed by atoms with Gasteiger partial charge in [0.15, 0.2) is 5.70 Å². The van der Waals surface area contributed by atoms with Crippen LogP contribution in [0.5, 0.6) is 17.2 Å². The molecule has 0 saturated heterocycles. The van der Waals surface area contributed by atoms with Crippen LogP contribution in [0.4, 0.5) is 0 Å². The molecule has 33 heavy (non-hydrogen) atoms. The van der Waals surface area contributed by atoms with Crippen LogP contribution in [0.1, 0.15) is 21.5 Å². The third-order valence-electron chi connectivity index (χ3n) is 4.75. The maximum absolute atomic E-state index is 12.6. The van der Waals surface area contributed by atoms with Crippen molar-refractivity contribution in [3.8, 4) is 17.2 Å². The average molecular weight is 508 g/mol. The van der Waals surface area contributed by atoms with Crippen molar-refractivity contribution in [2.24, 2.45) is 4.99 Å². The van der Waals surface area contributed by atoms with Crippen LogP contribution in [0.3, 0.4) is 0 Å². The second-order valence-electron chi connectivity index (χ2n) is 6.86. The molecule has 0 amide bonds. The topological polar surface area (TPSA) is 83.4 Å². The van der Waals surface area contributed by atoms with Gasteiger partial charge in [-0.05, 0) is 72.8 Å². The molecule has 7 nitrogen and oxygen atoms in total. The minimum atomic E-state index is -0.603. The predicted octanol–water partition coefficient (Wildman–Crippen LogP) is 5.03. The van der Waals surface area contributed by atoms with Crippen molar-refractivity contribution in [3.63, 3.8) is 0 Å². The quantitative estimate of drug-likeness (QED) is 0.264. The molecule has 0 radical (unpaired) electrons. The summed E-state index contributed by atoms with van der Waals surface area (Å²) >= 11 is 3.40. The third kappa shape index (κ3) is 5.12. The van der Waals surface area contributed by atoms with Crippen molar-refractivity contribution in [1.29, 1.82) is 0 Å². The summed E-state index contributed by atoms with van der Waals surface area (Å²) in [5.41, 5.74) is 1.56. The Morgan fingerprint density at radius 1 is 0.939 bits per heavy atom. The number of carbonyl (C=O) groups is 2. The molecule has 0 bridgehead atoms. The number of hydrogen-bond acceptors (Lipinski definition) is 7. The predicted molar refractivity (Wildman–Crippen MR) is 126 cm³/mol. The molecule has 0 N–H and O–H groups in total. The number of methoxy groups -OCH3 is 2. The van der Waals surface area contributed by atoms with Crippen molar-refractivity contribution in [3.05, 3.63) is 93.6 Å². The Morgan fingerprint density at radius 2 is 1.58 bits per heavy atom. The number of hydrogen-bond donors (Lipinski definition) is 0. The Balaban J connectivity index is 1.61. The lowest BCUT2D eigenvalue weighted by Gasteiger charge is -2.09. The lowest BCUT2D eigenvalue weighted by molar-refractivity contribution is -0.129. The van der Waals surface area contributed by atoms with Crippen LogP contribution in [0.25, 0.3) is 6.08 Å². The minimum Gasteiger partial charge on any atom is -0.497 e. The molecule has 0 saturated carbocycles. The van der Waals surface area contributed by atoms with Gasteiger partial charge in [-0.1, -0.05) is 15.9 Å². The summed E-state index contributed by atoms with van der Waals surface area (Å²) < 4.78 is 21.9. The number of rotatable bonds is 6. The number of benzene rings is 3. The van der Waals surface area contributed by atoms with Gasteiger partial charge in [-0.2, -0.15) is 0 Å². The Kier molecular flexibility index (Phi) is 6.55. The first-order chi connectivity index (χ1) is 16.0. The molecule has 0 spiro atoms. The number of ether oxygens (including phenoxy) is 4. The van der Waals surface area contributed by atoms with Gasteiger partial charge in [0.05, 0.1) is 19.8 Å². The second-order valence-corrected chi connectivity index (χ2v) is 7.78. The Labute approximate surface area is 198 Å². The summed E-state index contributed by atoms with van der Waals surface area (Å²) in [5, 5.41) is 0. The first-order valence-electron chi connectivity index (χ1n) is 9.79. The maximum Gasteiger partial charge on any atom is 0.363 e. The van der Waals surface area contributed by atoms with Gasteiger partial charge in [0.25, 0.3) is 0 Å². The summed E-state index contributed by atoms with van der Waals surface area (Å²) in [7, 11) is 3.12. The van der Waals surface area contributed by atoms with E-state index >= 15 is 0 Å². The lowest BCUT2D eigenvalue weighted by Crippen LogP contribution is -2.09. The van der Waals surface area contributed by atoms with E-state index in [0.29, 0.717) is 28.2 Å². The molecule has 0 unspecified atom stereocenters. The van der Waals surface area contributed by atoms with Crippen molar-refractivity contribution in [2.45, 2.75) is 0 Å². The molecule has 3 aromatic rings. The molecular weight excluding hydrogens is 490 g/mol. The van der Waals surface area contributed by atoms with Crippen LogP contribution in [0, 0.1) is 0 Å². The Hall–Kier alpha value is -3.91. The van der Waals surface area contributed by atoms with E-state index in [1.807, 2.05) is 0 Å². The molecule has 1 aliphatic heterocycles. The molecular formula is C25H18BrNO6. The molecule has 0 fully saturated rings. The van der Waals surface area contributed by atoms with Crippen molar-refractivity contribution in [2.75, 3.05) is 14.2 Å². The zero-order valence-electron chi connectivity index (χ0n) is 17.7. The van der Waals surface area contributed by atoms with Crippen LogP contribution < -0.4 is 14.2 Å². The van der Waals surface area contributed by atoms with Gasteiger partial charge < -0.3 is 18.9 Å². The maximum atomic E-state index is 12.6. The molecule has 1 aliphatic rings. The number of nitrogens with zero attached hydrogens (tertiary/aromatic N) is 1. The highest BCUT2D eigenvalue weighted by atomic mass is 79.9. The molecule has 3 aromatic carbocycles. The SMILES string of the molecule is COc1ccc(C(=O)Oc2ccc(Br)cc2/C=C2/N=C(c3ccc(OC)cc3)OC2=O)cc1. The van der Waals surface area contributed by atoms with Gasteiger partial charge in [-0.3, -0.25) is 0 Å². The van der Waals surface area contributed by atoms with E-state index in [-0.39, 0.29) is 17.3 Å². The highest BCUT2D eigenvalue weighted by molar-refractivity contribution is 9.10. The van der Waals surface area contributed by atoms with Crippen LogP contribution in [-0.4, -0.2) is 32.1 Å². The van der Waals surface area contributed by atoms with Gasteiger partial charge in [-0.15, -0.1) is 0 Å². The molecule has 0 atom stereocenters. The van der Waals surface area contributed by atoms with Gasteiger partial charge in [0.2, 0.25) is 5.90 Å². The van der Waals surface area contributed by atoms with E-state index in [1.165, 1.54) is 6.08 Å². The standard InChI is InChI=1S/C25H18BrNO6/c1-30-19-8-3-15(4-9-19)23-27-21(25(29)33-23)14-17-13-18(26)7-12-22(17)32-24(28)16-5-10-20(31-2)11-6-16/h3-14H,1-2H3/b21-14+. The average Bonchev–Trinajstić information content (AvgIpc) is 3.20. The number of aliphatic imine (C=N–C) groups is 1. The zero-order valence-corrected chi connectivity index (χ0v) is 19.3. The van der Waals surface area contributed by atoms with E-state index in [0.717, 1.165) is 4.47 Å². The number of carbonyl (C=O) groups excluding carboxylic acids is 2. The molecule has 1 heterocycles. The monoisotopic (exact) mass is 507 g/mol. The second kappa shape index (κ2) is 9.70.